The zero-order valence-electron chi connectivity index (χ0n) is 11.2. The van der Waals surface area contributed by atoms with E-state index in [-0.39, 0.29) is 26.1 Å². The fourth-order valence-electron chi connectivity index (χ4n) is 1.55. The Hall–Kier alpha value is -0.710. The molecule has 1 heterocycles. The van der Waals surface area contributed by atoms with Gasteiger partial charge < -0.3 is 0 Å². The molecule has 2 aromatic rings. The SMILES string of the molecule is Cc1ccc(C(=O)C=CSc2c(Cl)c(Cl)nc(Cl)c2Cl)cc1. The van der Waals surface area contributed by atoms with Gasteiger partial charge in [-0.1, -0.05) is 88.0 Å². The second-order valence-electron chi connectivity index (χ2n) is 4.30. The summed E-state index contributed by atoms with van der Waals surface area (Å²) < 4.78 is 0. The van der Waals surface area contributed by atoms with Crippen molar-refractivity contribution < 1.29 is 4.79 Å². The molecular formula is C15H9Cl4NOS. The van der Waals surface area contributed by atoms with Crippen LogP contribution < -0.4 is 0 Å². The van der Waals surface area contributed by atoms with E-state index >= 15 is 0 Å². The van der Waals surface area contributed by atoms with Crippen molar-refractivity contribution in [1.82, 2.24) is 4.98 Å². The van der Waals surface area contributed by atoms with Crippen LogP contribution in [0.3, 0.4) is 0 Å². The van der Waals surface area contributed by atoms with Crippen LogP contribution in [-0.2, 0) is 0 Å². The van der Waals surface area contributed by atoms with E-state index in [2.05, 4.69) is 4.98 Å². The van der Waals surface area contributed by atoms with Gasteiger partial charge in [-0.3, -0.25) is 4.79 Å². The van der Waals surface area contributed by atoms with Gasteiger partial charge in [0.25, 0.3) is 0 Å². The molecule has 1 aromatic carbocycles. The lowest BCUT2D eigenvalue weighted by atomic mass is 10.1. The molecule has 0 aliphatic heterocycles. The van der Waals surface area contributed by atoms with Gasteiger partial charge in [0.2, 0.25) is 0 Å². The Bertz CT molecular complexity index is 718. The van der Waals surface area contributed by atoms with Crippen LogP contribution in [0, 0.1) is 6.92 Å². The number of nitrogens with zero attached hydrogens (tertiary/aromatic N) is 1. The van der Waals surface area contributed by atoms with Gasteiger partial charge in [-0.15, -0.1) is 0 Å². The maximum Gasteiger partial charge on any atom is 0.186 e. The molecular weight excluding hydrogens is 384 g/mol. The van der Waals surface area contributed by atoms with Gasteiger partial charge in [0.1, 0.15) is 0 Å². The Morgan fingerprint density at radius 1 is 1.05 bits per heavy atom. The first-order valence-corrected chi connectivity index (χ1v) is 8.43. The maximum absolute atomic E-state index is 12.0. The Morgan fingerprint density at radius 3 is 2.14 bits per heavy atom. The molecule has 0 aliphatic rings. The summed E-state index contributed by atoms with van der Waals surface area (Å²) in [5.41, 5.74) is 1.69. The van der Waals surface area contributed by atoms with E-state index in [1.54, 1.807) is 17.5 Å². The lowest BCUT2D eigenvalue weighted by Crippen LogP contribution is -1.93. The van der Waals surface area contributed by atoms with E-state index in [1.165, 1.54) is 6.08 Å². The van der Waals surface area contributed by atoms with E-state index in [0.29, 0.717) is 10.5 Å². The number of rotatable bonds is 4. The average molecular weight is 393 g/mol. The fraction of sp³-hybridized carbons (Fsp3) is 0.0667. The molecule has 0 saturated heterocycles. The number of aromatic nitrogens is 1. The van der Waals surface area contributed by atoms with Gasteiger partial charge in [-0.2, -0.15) is 0 Å². The van der Waals surface area contributed by atoms with Gasteiger partial charge in [0, 0.05) is 5.56 Å². The molecule has 0 saturated carbocycles. The minimum atomic E-state index is -0.119. The highest BCUT2D eigenvalue weighted by Gasteiger charge is 2.15. The summed E-state index contributed by atoms with van der Waals surface area (Å²) in [4.78, 5) is 16.3. The Morgan fingerprint density at radius 2 is 1.59 bits per heavy atom. The molecule has 0 fully saturated rings. The van der Waals surface area contributed by atoms with Crippen molar-refractivity contribution in [3.63, 3.8) is 0 Å². The zero-order chi connectivity index (χ0) is 16.3. The van der Waals surface area contributed by atoms with Gasteiger partial charge >= 0.3 is 0 Å². The van der Waals surface area contributed by atoms with Crippen molar-refractivity contribution in [3.8, 4) is 0 Å². The number of ketones is 1. The summed E-state index contributed by atoms with van der Waals surface area (Å²) in [6.45, 7) is 1.96. The minimum absolute atomic E-state index is 0.0665. The standard InChI is InChI=1S/C15H9Cl4NOS/c1-8-2-4-9(5-3-8)10(21)6-7-22-13-11(16)14(18)20-15(19)12(13)17/h2-7H,1H3. The molecule has 114 valence electrons. The highest BCUT2D eigenvalue weighted by Crippen LogP contribution is 2.41. The van der Waals surface area contributed by atoms with Crippen molar-refractivity contribution >= 4 is 63.9 Å². The molecule has 0 aliphatic carbocycles. The second kappa shape index (κ2) is 7.71. The van der Waals surface area contributed by atoms with Crippen LogP contribution >= 0.6 is 58.2 Å². The Labute approximate surface area is 152 Å². The number of benzene rings is 1. The monoisotopic (exact) mass is 391 g/mol. The van der Waals surface area contributed by atoms with E-state index in [9.17, 15) is 4.79 Å². The number of hydrogen-bond donors (Lipinski definition) is 0. The summed E-state index contributed by atoms with van der Waals surface area (Å²) in [6.07, 6.45) is 1.43. The van der Waals surface area contributed by atoms with Crippen LogP contribution in [0.15, 0.2) is 40.6 Å². The molecule has 22 heavy (non-hydrogen) atoms. The van der Waals surface area contributed by atoms with Crippen molar-refractivity contribution in [3.05, 3.63) is 67.2 Å². The van der Waals surface area contributed by atoms with Crippen LogP contribution in [0.4, 0.5) is 0 Å². The first-order chi connectivity index (χ1) is 10.4. The van der Waals surface area contributed by atoms with Crippen molar-refractivity contribution in [2.45, 2.75) is 11.8 Å². The summed E-state index contributed by atoms with van der Waals surface area (Å²) in [7, 11) is 0. The normalized spacial score (nSPS) is 11.1. The fourth-order valence-corrected chi connectivity index (χ4v) is 3.38. The first-order valence-electron chi connectivity index (χ1n) is 6.04. The predicted molar refractivity (Wildman–Crippen MR) is 94.8 cm³/mol. The van der Waals surface area contributed by atoms with E-state index < -0.39 is 0 Å². The molecule has 1 aromatic heterocycles. The number of carbonyl (C=O) groups excluding carboxylic acids is 1. The van der Waals surface area contributed by atoms with Gasteiger partial charge in [0.05, 0.1) is 14.9 Å². The molecule has 7 heteroatoms. The maximum atomic E-state index is 12.0. The van der Waals surface area contributed by atoms with Crippen LogP contribution in [0.2, 0.25) is 20.4 Å². The molecule has 0 amide bonds. The van der Waals surface area contributed by atoms with E-state index in [0.717, 1.165) is 17.3 Å². The summed E-state index contributed by atoms with van der Waals surface area (Å²) in [5.74, 6) is -0.119. The third kappa shape index (κ3) is 4.18. The molecule has 2 rings (SSSR count). The van der Waals surface area contributed by atoms with Crippen molar-refractivity contribution in [1.29, 1.82) is 0 Å². The summed E-state index contributed by atoms with van der Waals surface area (Å²) in [5, 5.41) is 2.12. The molecule has 2 nitrogen and oxygen atoms in total. The van der Waals surface area contributed by atoms with Crippen LogP contribution in [-0.4, -0.2) is 10.8 Å². The second-order valence-corrected chi connectivity index (χ2v) is 6.69. The lowest BCUT2D eigenvalue weighted by Gasteiger charge is -2.06. The van der Waals surface area contributed by atoms with E-state index in [4.69, 9.17) is 46.4 Å². The van der Waals surface area contributed by atoms with E-state index in [1.807, 2.05) is 19.1 Å². The minimum Gasteiger partial charge on any atom is -0.289 e. The Kier molecular flexibility index (Phi) is 6.18. The third-order valence-corrected chi connectivity index (χ3v) is 5.32. The third-order valence-electron chi connectivity index (χ3n) is 2.70. The first kappa shape index (κ1) is 17.6. The number of halogens is 4. The number of hydrogen-bond acceptors (Lipinski definition) is 3. The summed E-state index contributed by atoms with van der Waals surface area (Å²) in [6, 6.07) is 7.30. The molecule has 0 bridgehead atoms. The highest BCUT2D eigenvalue weighted by atomic mass is 35.5. The number of pyridine rings is 1. The molecule has 0 atom stereocenters. The summed E-state index contributed by atoms with van der Waals surface area (Å²) >= 11 is 24.9. The van der Waals surface area contributed by atoms with Gasteiger partial charge in [-0.25, -0.2) is 4.98 Å². The average Bonchev–Trinajstić information content (AvgIpc) is 2.49. The number of aryl methyl sites for hydroxylation is 1. The Balaban J connectivity index is 2.16. The molecule has 0 N–H and O–H groups in total. The van der Waals surface area contributed by atoms with Crippen molar-refractivity contribution in [2.75, 3.05) is 0 Å². The smallest absolute Gasteiger partial charge is 0.186 e. The van der Waals surface area contributed by atoms with Crippen LogP contribution in [0.5, 0.6) is 0 Å². The largest absolute Gasteiger partial charge is 0.289 e. The zero-order valence-corrected chi connectivity index (χ0v) is 15.1. The number of carbonyl (C=O) groups is 1. The molecule has 0 radical (unpaired) electrons. The lowest BCUT2D eigenvalue weighted by molar-refractivity contribution is 0.104. The van der Waals surface area contributed by atoms with Crippen LogP contribution in [0.25, 0.3) is 0 Å². The predicted octanol–water partition coefficient (Wildman–Crippen LogP) is 6.49. The number of thioether (sulfide) groups is 1. The topological polar surface area (TPSA) is 30.0 Å². The van der Waals surface area contributed by atoms with Crippen LogP contribution in [0.1, 0.15) is 15.9 Å². The quantitative estimate of drug-likeness (QED) is 0.257. The molecule has 0 unspecified atom stereocenters. The number of allylic oxidation sites excluding steroid dienone is 1. The van der Waals surface area contributed by atoms with Crippen molar-refractivity contribution in [2.24, 2.45) is 0 Å². The van der Waals surface area contributed by atoms with Gasteiger partial charge in [-0.05, 0) is 18.4 Å². The van der Waals surface area contributed by atoms with Gasteiger partial charge in [0.15, 0.2) is 16.1 Å². The molecule has 0 spiro atoms. The highest BCUT2D eigenvalue weighted by molar-refractivity contribution is 8.02.